The van der Waals surface area contributed by atoms with Gasteiger partial charge in [0.2, 0.25) is 0 Å². The van der Waals surface area contributed by atoms with Crippen molar-refractivity contribution in [3.63, 3.8) is 0 Å². The minimum Gasteiger partial charge on any atom is -0.395 e. The van der Waals surface area contributed by atoms with Gasteiger partial charge in [-0.05, 0) is 37.8 Å². The van der Waals surface area contributed by atoms with Crippen LogP contribution in [0.25, 0.3) is 10.9 Å². The van der Waals surface area contributed by atoms with E-state index in [0.717, 1.165) is 32.1 Å². The van der Waals surface area contributed by atoms with Crippen LogP contribution < -0.4 is 5.56 Å². The minimum atomic E-state index is -3.63. The molecule has 4 rings (SSSR count). The molecule has 0 bridgehead atoms. The lowest BCUT2D eigenvalue weighted by molar-refractivity contribution is 0.263. The van der Waals surface area contributed by atoms with Crippen molar-refractivity contribution in [2.45, 2.75) is 51.1 Å². The van der Waals surface area contributed by atoms with E-state index in [-0.39, 0.29) is 18.7 Å². The Kier molecular flexibility index (Phi) is 6.00. The van der Waals surface area contributed by atoms with Gasteiger partial charge in [0.25, 0.3) is 15.8 Å². The lowest BCUT2D eigenvalue weighted by Gasteiger charge is -2.31. The molecule has 0 spiro atoms. The largest absolute Gasteiger partial charge is 0.395 e. The van der Waals surface area contributed by atoms with E-state index in [0.29, 0.717) is 42.8 Å². The summed E-state index contributed by atoms with van der Waals surface area (Å²) in [7, 11) is -3.63. The average Bonchev–Trinajstić information content (AvgIpc) is 3.05. The predicted molar refractivity (Wildman–Crippen MR) is 111 cm³/mol. The molecular weight excluding hydrogens is 392 g/mol. The van der Waals surface area contributed by atoms with Crippen LogP contribution in [0.3, 0.4) is 0 Å². The quantitative estimate of drug-likeness (QED) is 0.793. The second-order valence-corrected chi connectivity index (χ2v) is 9.64. The Morgan fingerprint density at radius 2 is 1.76 bits per heavy atom. The maximum absolute atomic E-state index is 13.4. The summed E-state index contributed by atoms with van der Waals surface area (Å²) < 4.78 is 31.4. The third-order valence-corrected chi connectivity index (χ3v) is 7.95. The molecule has 3 heterocycles. The van der Waals surface area contributed by atoms with Crippen molar-refractivity contribution in [3.8, 4) is 0 Å². The van der Waals surface area contributed by atoms with Gasteiger partial charge in [0.1, 0.15) is 5.82 Å². The molecule has 1 atom stereocenters. The molecule has 2 saturated heterocycles. The zero-order valence-corrected chi connectivity index (χ0v) is 17.4. The molecule has 1 N–H and O–H groups in total. The van der Waals surface area contributed by atoms with Crippen molar-refractivity contribution < 1.29 is 13.5 Å². The maximum Gasteiger partial charge on any atom is 0.282 e. The highest BCUT2D eigenvalue weighted by Crippen LogP contribution is 2.35. The fourth-order valence-electron chi connectivity index (χ4n) is 4.45. The summed E-state index contributed by atoms with van der Waals surface area (Å²) in [5.41, 5.74) is 0.319. The topological polar surface area (TPSA) is 95.7 Å². The highest BCUT2D eigenvalue weighted by atomic mass is 32.2. The van der Waals surface area contributed by atoms with Crippen LogP contribution in [0.15, 0.2) is 29.1 Å². The van der Waals surface area contributed by atoms with E-state index in [1.54, 1.807) is 22.5 Å². The van der Waals surface area contributed by atoms with E-state index in [1.165, 1.54) is 8.87 Å². The zero-order chi connectivity index (χ0) is 20.4. The lowest BCUT2D eigenvalue weighted by atomic mass is 10.2. The number of hydrogen-bond donors (Lipinski definition) is 1. The number of fused-ring (bicyclic) bond motifs is 1. The molecule has 1 unspecified atom stereocenters. The Hall–Kier alpha value is -1.81. The fraction of sp³-hybridized carbons (Fsp3) is 0.600. The summed E-state index contributed by atoms with van der Waals surface area (Å²) in [4.78, 5) is 17.7. The number of aliphatic hydroxyl groups is 1. The fourth-order valence-corrected chi connectivity index (χ4v) is 6.35. The van der Waals surface area contributed by atoms with Crippen molar-refractivity contribution in [1.29, 1.82) is 0 Å². The van der Waals surface area contributed by atoms with Crippen molar-refractivity contribution in [3.05, 3.63) is 40.4 Å². The molecule has 2 aliphatic rings. The van der Waals surface area contributed by atoms with E-state index in [2.05, 4.69) is 0 Å². The van der Waals surface area contributed by atoms with E-state index in [1.807, 2.05) is 6.07 Å². The van der Waals surface area contributed by atoms with Gasteiger partial charge in [-0.3, -0.25) is 9.36 Å². The Morgan fingerprint density at radius 3 is 2.48 bits per heavy atom. The van der Waals surface area contributed by atoms with Crippen LogP contribution in [0.1, 0.15) is 50.4 Å². The van der Waals surface area contributed by atoms with Crippen LogP contribution in [0.5, 0.6) is 0 Å². The van der Waals surface area contributed by atoms with Crippen molar-refractivity contribution in [2.24, 2.45) is 0 Å². The van der Waals surface area contributed by atoms with Gasteiger partial charge in [0, 0.05) is 19.6 Å². The molecule has 0 saturated carbocycles. The summed E-state index contributed by atoms with van der Waals surface area (Å²) in [6, 6.07) is 6.58. The summed E-state index contributed by atoms with van der Waals surface area (Å²) in [6.45, 7) is 1.39. The monoisotopic (exact) mass is 420 g/mol. The Bertz CT molecular complexity index is 1030. The molecule has 9 heteroatoms. The molecular formula is C20H28N4O4S. The predicted octanol–water partition coefficient (Wildman–Crippen LogP) is 1.65. The number of nitrogens with zero attached hydrogens (tertiary/aromatic N) is 4. The van der Waals surface area contributed by atoms with Gasteiger partial charge in [-0.25, -0.2) is 4.98 Å². The van der Waals surface area contributed by atoms with E-state index in [9.17, 15) is 18.3 Å². The van der Waals surface area contributed by atoms with E-state index >= 15 is 0 Å². The van der Waals surface area contributed by atoms with Crippen LogP contribution in [0.2, 0.25) is 0 Å². The molecule has 0 radical (unpaired) electrons. The van der Waals surface area contributed by atoms with Gasteiger partial charge >= 0.3 is 0 Å². The molecule has 29 heavy (non-hydrogen) atoms. The van der Waals surface area contributed by atoms with Gasteiger partial charge < -0.3 is 5.11 Å². The number of para-hydroxylation sites is 1. The van der Waals surface area contributed by atoms with Gasteiger partial charge in [0.15, 0.2) is 0 Å². The lowest BCUT2D eigenvalue weighted by Crippen LogP contribution is -2.45. The number of aromatic nitrogens is 2. The number of rotatable bonds is 5. The highest BCUT2D eigenvalue weighted by molar-refractivity contribution is 7.86. The second-order valence-electron chi connectivity index (χ2n) is 7.76. The van der Waals surface area contributed by atoms with Crippen molar-refractivity contribution in [1.82, 2.24) is 18.2 Å². The van der Waals surface area contributed by atoms with Crippen LogP contribution in [0.4, 0.5) is 0 Å². The molecule has 1 aromatic carbocycles. The van der Waals surface area contributed by atoms with Crippen LogP contribution in [0, 0.1) is 0 Å². The summed E-state index contributed by atoms with van der Waals surface area (Å²) >= 11 is 0. The smallest absolute Gasteiger partial charge is 0.282 e. The first-order valence-corrected chi connectivity index (χ1v) is 11.8. The van der Waals surface area contributed by atoms with Crippen molar-refractivity contribution in [2.75, 3.05) is 26.2 Å². The molecule has 8 nitrogen and oxygen atoms in total. The first-order valence-electron chi connectivity index (χ1n) is 10.4. The third kappa shape index (κ3) is 3.84. The molecule has 2 fully saturated rings. The molecule has 1 aromatic heterocycles. The van der Waals surface area contributed by atoms with Gasteiger partial charge in [-0.2, -0.15) is 17.0 Å². The highest BCUT2D eigenvalue weighted by Gasteiger charge is 2.41. The van der Waals surface area contributed by atoms with Crippen LogP contribution >= 0.6 is 0 Å². The number of benzene rings is 1. The normalized spacial score (nSPS) is 22.2. The molecule has 2 aliphatic heterocycles. The summed E-state index contributed by atoms with van der Waals surface area (Å²) in [5, 5.41) is 9.99. The van der Waals surface area contributed by atoms with Crippen molar-refractivity contribution >= 4 is 21.1 Å². The zero-order valence-electron chi connectivity index (χ0n) is 16.5. The van der Waals surface area contributed by atoms with E-state index in [4.69, 9.17) is 4.98 Å². The third-order valence-electron chi connectivity index (χ3n) is 5.90. The molecule has 158 valence electrons. The van der Waals surface area contributed by atoms with Gasteiger partial charge in [0.05, 0.1) is 30.1 Å². The van der Waals surface area contributed by atoms with Gasteiger partial charge in [-0.15, -0.1) is 0 Å². The SMILES string of the molecule is O=c1c2ccccc2nc(C2CCCN2S(=O)(=O)N2CCCCCC2)n1CCO. The standard InChI is InChI=1S/C20H28N4O4S/c25-15-14-23-19(21-17-9-4-3-8-16(17)20(23)26)18-10-7-13-24(18)29(27,28)22-11-5-1-2-6-12-22/h3-4,8-9,18,25H,1-2,5-7,10-15H2. The van der Waals surface area contributed by atoms with Crippen LogP contribution in [-0.4, -0.2) is 57.9 Å². The number of aliphatic hydroxyl groups excluding tert-OH is 1. The second kappa shape index (κ2) is 8.51. The Labute approximate surface area is 171 Å². The average molecular weight is 421 g/mol. The first kappa shape index (κ1) is 20.5. The molecule has 0 amide bonds. The molecule has 2 aromatic rings. The van der Waals surface area contributed by atoms with Crippen LogP contribution in [-0.2, 0) is 16.8 Å². The summed E-state index contributed by atoms with van der Waals surface area (Å²) in [5.74, 6) is 0.429. The molecule has 0 aliphatic carbocycles. The van der Waals surface area contributed by atoms with E-state index < -0.39 is 16.3 Å². The first-order chi connectivity index (χ1) is 14.0. The maximum atomic E-state index is 13.4. The number of hydrogen-bond acceptors (Lipinski definition) is 5. The minimum absolute atomic E-state index is 0.0973. The Morgan fingerprint density at radius 1 is 1.03 bits per heavy atom. The Balaban J connectivity index is 1.78. The van der Waals surface area contributed by atoms with Gasteiger partial charge in [-0.1, -0.05) is 25.0 Å². The summed E-state index contributed by atoms with van der Waals surface area (Å²) in [6.07, 6.45) is 5.20.